The molecule has 0 amide bonds. The van der Waals surface area contributed by atoms with Crippen molar-refractivity contribution >= 4 is 21.9 Å². The standard InChI is InChI=1S/C10H7BrF5NO3/c1-19-9(18)7-4(8(12)13)2-6(17-5(7)3-11)20-10(14,15)16/h2,8H,3H2,1H3. The van der Waals surface area contributed by atoms with Crippen molar-refractivity contribution in [3.8, 4) is 5.88 Å². The Bertz CT molecular complexity index is 506. The lowest BCUT2D eigenvalue weighted by Gasteiger charge is -2.14. The van der Waals surface area contributed by atoms with Gasteiger partial charge >= 0.3 is 12.3 Å². The number of alkyl halides is 6. The molecule has 0 radical (unpaired) electrons. The van der Waals surface area contributed by atoms with Gasteiger partial charge in [-0.2, -0.15) is 0 Å². The molecule has 0 N–H and O–H groups in total. The van der Waals surface area contributed by atoms with Crippen LogP contribution in [0.2, 0.25) is 0 Å². The molecule has 0 unspecified atom stereocenters. The Hall–Kier alpha value is -1.45. The van der Waals surface area contributed by atoms with Crippen LogP contribution >= 0.6 is 15.9 Å². The van der Waals surface area contributed by atoms with E-state index in [1.165, 1.54) is 0 Å². The summed E-state index contributed by atoms with van der Waals surface area (Å²) in [5.74, 6) is -2.20. The van der Waals surface area contributed by atoms with Gasteiger partial charge in [-0.1, -0.05) is 15.9 Å². The Morgan fingerprint density at radius 2 is 2.05 bits per heavy atom. The Morgan fingerprint density at radius 1 is 1.45 bits per heavy atom. The van der Waals surface area contributed by atoms with E-state index in [9.17, 15) is 26.7 Å². The molecule has 1 rings (SSSR count). The highest BCUT2D eigenvalue weighted by atomic mass is 79.9. The molecule has 0 atom stereocenters. The van der Waals surface area contributed by atoms with Crippen LogP contribution in [0.4, 0.5) is 22.0 Å². The summed E-state index contributed by atoms with van der Waals surface area (Å²) < 4.78 is 69.8. The average molecular weight is 364 g/mol. The first-order valence-corrected chi connectivity index (χ1v) is 6.03. The summed E-state index contributed by atoms with van der Waals surface area (Å²) in [5, 5.41) is -0.230. The van der Waals surface area contributed by atoms with Gasteiger partial charge in [-0.15, -0.1) is 13.2 Å². The van der Waals surface area contributed by atoms with Crippen molar-refractivity contribution in [2.75, 3.05) is 7.11 Å². The third-order valence-corrected chi connectivity index (χ3v) is 2.60. The monoisotopic (exact) mass is 363 g/mol. The molecule has 0 aliphatic heterocycles. The summed E-state index contributed by atoms with van der Waals surface area (Å²) in [7, 11) is 0.954. The number of nitrogens with zero attached hydrogens (tertiary/aromatic N) is 1. The molecule has 0 fully saturated rings. The van der Waals surface area contributed by atoms with Gasteiger partial charge in [-0.3, -0.25) is 0 Å². The molecular formula is C10H7BrF5NO3. The Balaban J connectivity index is 3.42. The molecule has 20 heavy (non-hydrogen) atoms. The highest BCUT2D eigenvalue weighted by molar-refractivity contribution is 9.08. The molecule has 4 nitrogen and oxygen atoms in total. The maximum Gasteiger partial charge on any atom is 0.574 e. The average Bonchev–Trinajstić information content (AvgIpc) is 2.34. The molecular weight excluding hydrogens is 357 g/mol. The predicted octanol–water partition coefficient (Wildman–Crippen LogP) is 3.60. The van der Waals surface area contributed by atoms with Crippen molar-refractivity contribution in [1.82, 2.24) is 4.98 Å². The third-order valence-electron chi connectivity index (χ3n) is 2.07. The van der Waals surface area contributed by atoms with Gasteiger partial charge in [0, 0.05) is 17.0 Å². The van der Waals surface area contributed by atoms with Gasteiger partial charge in [-0.05, 0) is 0 Å². The van der Waals surface area contributed by atoms with E-state index >= 15 is 0 Å². The number of methoxy groups -OCH3 is 1. The Kier molecular flexibility index (Phi) is 5.26. The first-order chi connectivity index (χ1) is 9.19. The molecule has 1 heterocycles. The van der Waals surface area contributed by atoms with Gasteiger partial charge in [0.2, 0.25) is 5.88 Å². The quantitative estimate of drug-likeness (QED) is 0.466. The van der Waals surface area contributed by atoms with Crippen LogP contribution in [0.15, 0.2) is 6.07 Å². The minimum absolute atomic E-state index is 0.230. The van der Waals surface area contributed by atoms with Crippen molar-refractivity contribution in [3.05, 3.63) is 22.9 Å². The van der Waals surface area contributed by atoms with Crippen LogP contribution in [0.25, 0.3) is 0 Å². The first-order valence-electron chi connectivity index (χ1n) is 4.91. The second kappa shape index (κ2) is 6.33. The van der Waals surface area contributed by atoms with Crippen LogP contribution in [0, 0.1) is 0 Å². The predicted molar refractivity (Wildman–Crippen MR) is 59.8 cm³/mol. The minimum atomic E-state index is -5.08. The van der Waals surface area contributed by atoms with Gasteiger partial charge < -0.3 is 9.47 Å². The molecule has 10 heteroatoms. The number of hydrogen-bond donors (Lipinski definition) is 0. The van der Waals surface area contributed by atoms with Gasteiger partial charge in [0.15, 0.2) is 0 Å². The highest BCUT2D eigenvalue weighted by Gasteiger charge is 2.34. The summed E-state index contributed by atoms with van der Waals surface area (Å²) in [6, 6.07) is 0.358. The Morgan fingerprint density at radius 3 is 2.45 bits per heavy atom. The zero-order chi connectivity index (χ0) is 15.5. The molecule has 0 spiro atoms. The number of halogens is 6. The lowest BCUT2D eigenvalue weighted by molar-refractivity contribution is -0.276. The zero-order valence-corrected chi connectivity index (χ0v) is 11.4. The van der Waals surface area contributed by atoms with Gasteiger partial charge in [-0.25, -0.2) is 18.6 Å². The smallest absolute Gasteiger partial charge is 0.465 e. The zero-order valence-electron chi connectivity index (χ0n) is 9.80. The maximum absolute atomic E-state index is 12.9. The molecule has 1 aromatic rings. The molecule has 0 bridgehead atoms. The van der Waals surface area contributed by atoms with Crippen LogP contribution in [0.5, 0.6) is 5.88 Å². The second-order valence-electron chi connectivity index (χ2n) is 3.35. The number of ether oxygens (including phenoxy) is 2. The van der Waals surface area contributed by atoms with Crippen LogP contribution in [-0.2, 0) is 10.1 Å². The van der Waals surface area contributed by atoms with Crippen molar-refractivity contribution in [2.45, 2.75) is 18.1 Å². The fourth-order valence-corrected chi connectivity index (χ4v) is 1.78. The molecule has 0 aliphatic rings. The number of aromatic nitrogens is 1. The molecule has 1 aromatic heterocycles. The van der Waals surface area contributed by atoms with E-state index in [0.29, 0.717) is 6.07 Å². The lowest BCUT2D eigenvalue weighted by Crippen LogP contribution is -2.20. The normalized spacial score (nSPS) is 11.6. The summed E-state index contributed by atoms with van der Waals surface area (Å²) in [6.45, 7) is 0. The first kappa shape index (κ1) is 16.6. The van der Waals surface area contributed by atoms with Crippen molar-refractivity contribution in [2.24, 2.45) is 0 Å². The highest BCUT2D eigenvalue weighted by Crippen LogP contribution is 2.31. The molecule has 0 aromatic carbocycles. The largest absolute Gasteiger partial charge is 0.574 e. The number of esters is 1. The lowest BCUT2D eigenvalue weighted by atomic mass is 10.1. The van der Waals surface area contributed by atoms with E-state index in [1.54, 1.807) is 0 Å². The minimum Gasteiger partial charge on any atom is -0.465 e. The SMILES string of the molecule is COC(=O)c1c(C(F)F)cc(OC(F)(F)F)nc1CBr. The van der Waals surface area contributed by atoms with Crippen LogP contribution in [-0.4, -0.2) is 24.4 Å². The number of pyridine rings is 1. The number of hydrogen-bond acceptors (Lipinski definition) is 4. The van der Waals surface area contributed by atoms with Crippen molar-refractivity contribution in [3.63, 3.8) is 0 Å². The van der Waals surface area contributed by atoms with Crippen molar-refractivity contribution < 1.29 is 36.2 Å². The van der Waals surface area contributed by atoms with Crippen molar-refractivity contribution in [1.29, 1.82) is 0 Å². The van der Waals surface area contributed by atoms with Gasteiger partial charge in [0.1, 0.15) is 0 Å². The van der Waals surface area contributed by atoms with E-state index in [0.717, 1.165) is 7.11 Å². The number of carbonyl (C=O) groups excluding carboxylic acids is 1. The fourth-order valence-electron chi connectivity index (χ4n) is 1.37. The number of rotatable bonds is 4. The summed E-state index contributed by atoms with van der Waals surface area (Å²) in [5.41, 5.74) is -1.87. The number of carbonyl (C=O) groups is 1. The van der Waals surface area contributed by atoms with Gasteiger partial charge in [0.05, 0.1) is 18.4 Å². The molecule has 0 saturated heterocycles. The topological polar surface area (TPSA) is 48.4 Å². The van der Waals surface area contributed by atoms with Gasteiger partial charge in [0.25, 0.3) is 6.43 Å². The Labute approximate surface area is 118 Å². The van der Waals surface area contributed by atoms with Crippen LogP contribution < -0.4 is 4.74 Å². The summed E-state index contributed by atoms with van der Waals surface area (Å²) in [6.07, 6.45) is -8.27. The molecule has 0 aliphatic carbocycles. The maximum atomic E-state index is 12.9. The van der Waals surface area contributed by atoms with Crippen LogP contribution in [0.1, 0.15) is 28.0 Å². The van der Waals surface area contributed by atoms with E-state index in [-0.39, 0.29) is 11.0 Å². The van der Waals surface area contributed by atoms with E-state index in [4.69, 9.17) is 0 Å². The third kappa shape index (κ3) is 4.02. The second-order valence-corrected chi connectivity index (χ2v) is 3.91. The van der Waals surface area contributed by atoms with E-state index < -0.39 is 35.8 Å². The fraction of sp³-hybridized carbons (Fsp3) is 0.400. The van der Waals surface area contributed by atoms with E-state index in [2.05, 4.69) is 30.4 Å². The molecule has 0 saturated carbocycles. The summed E-state index contributed by atoms with van der Waals surface area (Å²) in [4.78, 5) is 14.8. The summed E-state index contributed by atoms with van der Waals surface area (Å²) >= 11 is 2.85. The van der Waals surface area contributed by atoms with E-state index in [1.807, 2.05) is 0 Å². The van der Waals surface area contributed by atoms with Crippen LogP contribution in [0.3, 0.4) is 0 Å². The molecule has 112 valence electrons.